The monoisotopic (exact) mass is 451 g/mol. The van der Waals surface area contributed by atoms with Crippen LogP contribution in [0.4, 0.5) is 0 Å². The molecule has 0 radical (unpaired) electrons. The summed E-state index contributed by atoms with van der Waals surface area (Å²) >= 11 is 8.10. The van der Waals surface area contributed by atoms with E-state index in [1.54, 1.807) is 0 Å². The van der Waals surface area contributed by atoms with Crippen molar-refractivity contribution in [3.8, 4) is 0 Å². The first-order valence-corrected chi connectivity index (χ1v) is 9.12. The van der Waals surface area contributed by atoms with E-state index < -0.39 is 0 Å². The molecular weight excluding hydrogens is 429 g/mol. The zero-order chi connectivity index (χ0) is 14.7. The quantitative estimate of drug-likeness (QED) is 0.416. The van der Waals surface area contributed by atoms with Crippen LogP contribution in [0.2, 0.25) is 5.02 Å². The van der Waals surface area contributed by atoms with E-state index in [2.05, 4.69) is 27.8 Å². The third-order valence-electron chi connectivity index (χ3n) is 4.11. The molecule has 1 aromatic carbocycles. The molecule has 122 valence electrons. The highest BCUT2D eigenvalue weighted by Crippen LogP contribution is 2.41. The van der Waals surface area contributed by atoms with E-state index in [0.717, 1.165) is 17.4 Å². The number of rotatable bonds is 3. The Hall–Kier alpha value is -0.140. The summed E-state index contributed by atoms with van der Waals surface area (Å²) in [5.74, 6) is 3.98. The van der Waals surface area contributed by atoms with Gasteiger partial charge in [0.15, 0.2) is 5.96 Å². The van der Waals surface area contributed by atoms with Gasteiger partial charge in [0.2, 0.25) is 0 Å². The van der Waals surface area contributed by atoms with E-state index in [-0.39, 0.29) is 24.0 Å². The summed E-state index contributed by atoms with van der Waals surface area (Å²) in [7, 11) is 1.85. The van der Waals surface area contributed by atoms with Crippen molar-refractivity contribution in [2.45, 2.75) is 37.3 Å². The average molecular weight is 452 g/mol. The number of aliphatic imine (C=N–C) groups is 1. The number of nitrogens with zero attached hydrogens (tertiary/aromatic N) is 1. The van der Waals surface area contributed by atoms with Crippen LogP contribution in [0.3, 0.4) is 0 Å². The van der Waals surface area contributed by atoms with Crippen LogP contribution < -0.4 is 10.6 Å². The van der Waals surface area contributed by atoms with Crippen molar-refractivity contribution < 1.29 is 0 Å². The average Bonchev–Trinajstić information content (AvgIpc) is 3.27. The van der Waals surface area contributed by atoms with Gasteiger partial charge in [-0.1, -0.05) is 23.7 Å². The summed E-state index contributed by atoms with van der Waals surface area (Å²) in [5.41, 5.74) is 1.32. The molecule has 0 bridgehead atoms. The van der Waals surface area contributed by atoms with Crippen molar-refractivity contribution in [2.24, 2.45) is 4.99 Å². The standard InChI is InChI=1S/C16H22ClN3S.HI/c1-18-16(19-13-6-3-7-21-10-13)20-15-9-14(15)11-4-2-5-12(17)8-11;/h2,4-5,8,13-15H,3,6-7,9-10H2,1H3,(H2,18,19,20);1H. The number of nitrogens with one attached hydrogen (secondary N) is 2. The Labute approximate surface area is 159 Å². The van der Waals surface area contributed by atoms with Gasteiger partial charge in [0.1, 0.15) is 0 Å². The van der Waals surface area contributed by atoms with E-state index >= 15 is 0 Å². The lowest BCUT2D eigenvalue weighted by molar-refractivity contribution is 0.581. The molecule has 1 aliphatic carbocycles. The smallest absolute Gasteiger partial charge is 0.191 e. The summed E-state index contributed by atoms with van der Waals surface area (Å²) in [6, 6.07) is 9.22. The van der Waals surface area contributed by atoms with Gasteiger partial charge in [0, 0.05) is 35.8 Å². The second kappa shape index (κ2) is 8.64. The first-order chi connectivity index (χ1) is 10.3. The number of benzene rings is 1. The lowest BCUT2D eigenvalue weighted by Crippen LogP contribution is -2.46. The first-order valence-electron chi connectivity index (χ1n) is 7.59. The van der Waals surface area contributed by atoms with Gasteiger partial charge in [-0.05, 0) is 42.7 Å². The Morgan fingerprint density at radius 2 is 2.23 bits per heavy atom. The Morgan fingerprint density at radius 1 is 1.36 bits per heavy atom. The highest BCUT2D eigenvalue weighted by atomic mass is 127. The maximum Gasteiger partial charge on any atom is 0.191 e. The minimum absolute atomic E-state index is 0. The van der Waals surface area contributed by atoms with Crippen LogP contribution in [-0.4, -0.2) is 36.6 Å². The molecule has 0 aromatic heterocycles. The first kappa shape index (κ1) is 18.2. The SMILES string of the molecule is CN=C(NC1CCCSC1)NC1CC1c1cccc(Cl)c1.I. The van der Waals surface area contributed by atoms with Crippen LogP contribution in [0.25, 0.3) is 0 Å². The lowest BCUT2D eigenvalue weighted by atomic mass is 10.1. The van der Waals surface area contributed by atoms with Crippen molar-refractivity contribution in [1.82, 2.24) is 10.6 Å². The fraction of sp³-hybridized carbons (Fsp3) is 0.562. The van der Waals surface area contributed by atoms with E-state index in [9.17, 15) is 0 Å². The molecule has 2 N–H and O–H groups in total. The Bertz CT molecular complexity index is 520. The van der Waals surface area contributed by atoms with Crippen molar-refractivity contribution in [3.05, 3.63) is 34.9 Å². The lowest BCUT2D eigenvalue weighted by Gasteiger charge is -2.24. The molecule has 0 amide bonds. The van der Waals surface area contributed by atoms with E-state index in [0.29, 0.717) is 18.0 Å². The van der Waals surface area contributed by atoms with E-state index in [1.807, 2.05) is 30.9 Å². The molecule has 1 saturated heterocycles. The van der Waals surface area contributed by atoms with Crippen LogP contribution in [0, 0.1) is 0 Å². The topological polar surface area (TPSA) is 36.4 Å². The van der Waals surface area contributed by atoms with Gasteiger partial charge in [0.25, 0.3) is 0 Å². The Morgan fingerprint density at radius 3 is 2.91 bits per heavy atom. The number of thioether (sulfide) groups is 1. The summed E-state index contributed by atoms with van der Waals surface area (Å²) in [6.07, 6.45) is 3.70. The van der Waals surface area contributed by atoms with Gasteiger partial charge >= 0.3 is 0 Å². The van der Waals surface area contributed by atoms with Gasteiger partial charge in [-0.25, -0.2) is 0 Å². The minimum atomic E-state index is 0. The van der Waals surface area contributed by atoms with Crippen molar-refractivity contribution in [3.63, 3.8) is 0 Å². The zero-order valence-electron chi connectivity index (χ0n) is 12.7. The molecule has 3 rings (SSSR count). The second-order valence-corrected chi connectivity index (χ2v) is 7.36. The molecule has 0 spiro atoms. The fourth-order valence-electron chi connectivity index (χ4n) is 2.85. The summed E-state index contributed by atoms with van der Waals surface area (Å²) < 4.78 is 0. The molecule has 3 nitrogen and oxygen atoms in total. The molecule has 3 unspecified atom stereocenters. The maximum atomic E-state index is 6.07. The number of halogens is 2. The maximum absolute atomic E-state index is 6.07. The number of hydrogen-bond acceptors (Lipinski definition) is 2. The van der Waals surface area contributed by atoms with Crippen LogP contribution in [0.1, 0.15) is 30.7 Å². The van der Waals surface area contributed by atoms with Gasteiger partial charge in [-0.3, -0.25) is 4.99 Å². The van der Waals surface area contributed by atoms with E-state index in [1.165, 1.54) is 29.9 Å². The van der Waals surface area contributed by atoms with Crippen molar-refractivity contribution in [1.29, 1.82) is 0 Å². The second-order valence-electron chi connectivity index (χ2n) is 5.78. The third-order valence-corrected chi connectivity index (χ3v) is 5.56. The molecular formula is C16H23ClIN3S. The molecule has 1 aromatic rings. The molecule has 2 fully saturated rings. The van der Waals surface area contributed by atoms with Crippen LogP contribution in [-0.2, 0) is 0 Å². The van der Waals surface area contributed by atoms with Gasteiger partial charge in [0.05, 0.1) is 0 Å². The van der Waals surface area contributed by atoms with Crippen molar-refractivity contribution >= 4 is 53.3 Å². The van der Waals surface area contributed by atoms with Gasteiger partial charge in [-0.2, -0.15) is 11.8 Å². The molecule has 1 saturated carbocycles. The number of guanidine groups is 1. The Kier molecular flexibility index (Phi) is 7.15. The van der Waals surface area contributed by atoms with E-state index in [4.69, 9.17) is 11.6 Å². The predicted molar refractivity (Wildman–Crippen MR) is 108 cm³/mol. The molecule has 3 atom stereocenters. The summed E-state index contributed by atoms with van der Waals surface area (Å²) in [5, 5.41) is 7.91. The normalized spacial score (nSPS) is 27.7. The molecule has 22 heavy (non-hydrogen) atoms. The predicted octanol–water partition coefficient (Wildman–Crippen LogP) is 3.87. The Balaban J connectivity index is 0.00000176. The zero-order valence-corrected chi connectivity index (χ0v) is 16.6. The highest BCUT2D eigenvalue weighted by molar-refractivity contribution is 14.0. The minimum Gasteiger partial charge on any atom is -0.353 e. The summed E-state index contributed by atoms with van der Waals surface area (Å²) in [6.45, 7) is 0. The third kappa shape index (κ3) is 4.93. The molecule has 6 heteroatoms. The van der Waals surface area contributed by atoms with Crippen molar-refractivity contribution in [2.75, 3.05) is 18.6 Å². The highest BCUT2D eigenvalue weighted by Gasteiger charge is 2.39. The summed E-state index contributed by atoms with van der Waals surface area (Å²) in [4.78, 5) is 4.37. The van der Waals surface area contributed by atoms with Gasteiger partial charge in [-0.15, -0.1) is 24.0 Å². The van der Waals surface area contributed by atoms with Gasteiger partial charge < -0.3 is 10.6 Å². The largest absolute Gasteiger partial charge is 0.353 e. The molecule has 2 aliphatic rings. The van der Waals surface area contributed by atoms with Crippen LogP contribution >= 0.6 is 47.3 Å². The molecule has 1 heterocycles. The van der Waals surface area contributed by atoms with Crippen LogP contribution in [0.5, 0.6) is 0 Å². The number of hydrogen-bond donors (Lipinski definition) is 2. The molecule has 1 aliphatic heterocycles. The fourth-order valence-corrected chi connectivity index (χ4v) is 4.13. The van der Waals surface area contributed by atoms with Crippen LogP contribution in [0.15, 0.2) is 29.3 Å².